The van der Waals surface area contributed by atoms with E-state index in [1.807, 2.05) is 23.1 Å². The molecule has 5 heteroatoms. The molecule has 2 aliphatic rings. The molecule has 0 radical (unpaired) electrons. The Hall–Kier alpha value is -1.59. The summed E-state index contributed by atoms with van der Waals surface area (Å²) in [6, 6.07) is 8.62. The van der Waals surface area contributed by atoms with Gasteiger partial charge in [-0.05, 0) is 32.3 Å². The van der Waals surface area contributed by atoms with Crippen LogP contribution >= 0.6 is 0 Å². The molecule has 2 saturated heterocycles. The first-order chi connectivity index (χ1) is 11.7. The number of benzene rings is 1. The Bertz CT molecular complexity index is 543. The first kappa shape index (κ1) is 17.2. The van der Waals surface area contributed by atoms with Crippen molar-refractivity contribution in [1.82, 2.24) is 15.1 Å². The van der Waals surface area contributed by atoms with Gasteiger partial charge in [0.15, 0.2) is 6.61 Å². The Morgan fingerprint density at radius 1 is 1.21 bits per heavy atom. The van der Waals surface area contributed by atoms with Gasteiger partial charge in [0, 0.05) is 50.9 Å². The van der Waals surface area contributed by atoms with Crippen LogP contribution in [0.4, 0.5) is 0 Å². The van der Waals surface area contributed by atoms with Gasteiger partial charge in [-0.2, -0.15) is 0 Å². The summed E-state index contributed by atoms with van der Waals surface area (Å²) < 4.78 is 5.90. The highest BCUT2D eigenvalue weighted by atomic mass is 16.5. The predicted octanol–water partition coefficient (Wildman–Crippen LogP) is 1.87. The van der Waals surface area contributed by atoms with E-state index in [0.29, 0.717) is 6.04 Å². The summed E-state index contributed by atoms with van der Waals surface area (Å²) in [4.78, 5) is 16.7. The zero-order chi connectivity index (χ0) is 16.8. The van der Waals surface area contributed by atoms with Gasteiger partial charge in [0.25, 0.3) is 5.91 Å². The molecule has 0 saturated carbocycles. The second-order valence-corrected chi connectivity index (χ2v) is 6.86. The van der Waals surface area contributed by atoms with Crippen LogP contribution < -0.4 is 10.1 Å². The maximum atomic E-state index is 12.3. The monoisotopic (exact) mass is 331 g/mol. The van der Waals surface area contributed by atoms with E-state index >= 15 is 0 Å². The highest BCUT2D eigenvalue weighted by Gasteiger charge is 2.20. The van der Waals surface area contributed by atoms with Crippen LogP contribution in [0.1, 0.15) is 31.7 Å². The van der Waals surface area contributed by atoms with E-state index in [1.165, 1.54) is 6.42 Å². The number of carbonyl (C=O) groups is 1. The van der Waals surface area contributed by atoms with Crippen LogP contribution in [0.2, 0.25) is 0 Å². The summed E-state index contributed by atoms with van der Waals surface area (Å²) in [7, 11) is 0. The molecule has 132 valence electrons. The van der Waals surface area contributed by atoms with Crippen molar-refractivity contribution in [2.24, 2.45) is 0 Å². The number of hydrogen-bond acceptors (Lipinski definition) is 4. The molecule has 0 aromatic heterocycles. The van der Waals surface area contributed by atoms with Gasteiger partial charge in [0.1, 0.15) is 5.75 Å². The van der Waals surface area contributed by atoms with Gasteiger partial charge in [-0.15, -0.1) is 0 Å². The van der Waals surface area contributed by atoms with Crippen molar-refractivity contribution in [3.8, 4) is 5.75 Å². The first-order valence-electron chi connectivity index (χ1n) is 9.17. The molecule has 0 bridgehead atoms. The predicted molar refractivity (Wildman–Crippen MR) is 95.1 cm³/mol. The molecule has 1 amide bonds. The average molecular weight is 331 g/mol. The minimum Gasteiger partial charge on any atom is -0.483 e. The second-order valence-electron chi connectivity index (χ2n) is 6.86. The molecule has 2 heterocycles. The van der Waals surface area contributed by atoms with Crippen molar-refractivity contribution in [3.63, 3.8) is 0 Å². The maximum Gasteiger partial charge on any atom is 0.260 e. The molecule has 24 heavy (non-hydrogen) atoms. The van der Waals surface area contributed by atoms with E-state index in [9.17, 15) is 4.79 Å². The SMILES string of the molecule is C[C@@H]1CNCCN1Cc1ccccc1OCC(=O)N1CCCCC1. The normalized spacial score (nSPS) is 22.4. The van der Waals surface area contributed by atoms with Gasteiger partial charge in [-0.25, -0.2) is 0 Å². The molecule has 3 rings (SSSR count). The lowest BCUT2D eigenvalue weighted by atomic mass is 10.1. The third kappa shape index (κ3) is 4.48. The summed E-state index contributed by atoms with van der Waals surface area (Å²) in [5.41, 5.74) is 1.16. The lowest BCUT2D eigenvalue weighted by molar-refractivity contribution is -0.134. The van der Waals surface area contributed by atoms with Gasteiger partial charge in [0.05, 0.1) is 0 Å². The number of likely N-dealkylation sites (tertiary alicyclic amines) is 1. The van der Waals surface area contributed by atoms with Crippen molar-refractivity contribution >= 4 is 5.91 Å². The zero-order valence-electron chi connectivity index (χ0n) is 14.7. The van der Waals surface area contributed by atoms with E-state index in [2.05, 4.69) is 23.2 Å². The molecular weight excluding hydrogens is 302 g/mol. The van der Waals surface area contributed by atoms with E-state index in [4.69, 9.17) is 4.74 Å². The Morgan fingerprint density at radius 2 is 2.00 bits per heavy atom. The Kier molecular flexibility index (Phi) is 6.10. The maximum absolute atomic E-state index is 12.3. The molecule has 1 aromatic rings. The van der Waals surface area contributed by atoms with Crippen molar-refractivity contribution in [2.75, 3.05) is 39.3 Å². The van der Waals surface area contributed by atoms with Crippen LogP contribution in [-0.2, 0) is 11.3 Å². The molecule has 1 atom stereocenters. The number of nitrogens with zero attached hydrogens (tertiary/aromatic N) is 2. The number of ether oxygens (including phenoxy) is 1. The zero-order valence-corrected chi connectivity index (χ0v) is 14.7. The van der Waals surface area contributed by atoms with Crippen molar-refractivity contribution in [1.29, 1.82) is 0 Å². The van der Waals surface area contributed by atoms with E-state index < -0.39 is 0 Å². The molecule has 5 nitrogen and oxygen atoms in total. The largest absolute Gasteiger partial charge is 0.483 e. The van der Waals surface area contributed by atoms with Gasteiger partial charge in [0.2, 0.25) is 0 Å². The molecule has 2 fully saturated rings. The average Bonchev–Trinajstić information content (AvgIpc) is 2.63. The summed E-state index contributed by atoms with van der Waals surface area (Å²) in [6.07, 6.45) is 3.46. The fourth-order valence-electron chi connectivity index (χ4n) is 3.49. The first-order valence-corrected chi connectivity index (χ1v) is 9.17. The van der Waals surface area contributed by atoms with Gasteiger partial charge < -0.3 is 15.0 Å². The summed E-state index contributed by atoms with van der Waals surface area (Å²) >= 11 is 0. The number of rotatable bonds is 5. The van der Waals surface area contributed by atoms with Crippen LogP contribution in [0.25, 0.3) is 0 Å². The van der Waals surface area contributed by atoms with Crippen LogP contribution in [-0.4, -0.2) is 61.1 Å². The van der Waals surface area contributed by atoms with Crippen LogP contribution in [0, 0.1) is 0 Å². The molecule has 0 aliphatic carbocycles. The summed E-state index contributed by atoms with van der Waals surface area (Å²) in [6.45, 7) is 8.12. The summed E-state index contributed by atoms with van der Waals surface area (Å²) in [5.74, 6) is 0.952. The number of nitrogens with one attached hydrogen (secondary N) is 1. The minimum atomic E-state index is 0.111. The van der Waals surface area contributed by atoms with Crippen LogP contribution in [0.5, 0.6) is 5.75 Å². The number of piperazine rings is 1. The molecule has 0 spiro atoms. The highest BCUT2D eigenvalue weighted by Crippen LogP contribution is 2.21. The van der Waals surface area contributed by atoms with E-state index in [-0.39, 0.29) is 12.5 Å². The van der Waals surface area contributed by atoms with Gasteiger partial charge in [-0.3, -0.25) is 9.69 Å². The molecular formula is C19H29N3O2. The molecule has 1 aromatic carbocycles. The van der Waals surface area contributed by atoms with Crippen LogP contribution in [0.15, 0.2) is 24.3 Å². The quantitative estimate of drug-likeness (QED) is 0.895. The molecule has 1 N–H and O–H groups in total. The lowest BCUT2D eigenvalue weighted by Crippen LogP contribution is -2.49. The Labute approximate surface area is 145 Å². The van der Waals surface area contributed by atoms with Gasteiger partial charge in [-0.1, -0.05) is 18.2 Å². The standard InChI is InChI=1S/C19H29N3O2/c1-16-13-20-9-12-22(16)14-17-7-3-4-8-18(17)24-15-19(23)21-10-5-2-6-11-21/h3-4,7-8,16,20H,2,5-6,9-15H2,1H3/t16-/m1/s1. The van der Waals surface area contributed by atoms with Crippen molar-refractivity contribution in [2.45, 2.75) is 38.8 Å². The molecule has 2 aliphatic heterocycles. The fourth-order valence-corrected chi connectivity index (χ4v) is 3.49. The number of carbonyl (C=O) groups excluding carboxylic acids is 1. The topological polar surface area (TPSA) is 44.8 Å². The number of piperidine rings is 1. The van der Waals surface area contributed by atoms with Crippen molar-refractivity contribution in [3.05, 3.63) is 29.8 Å². The van der Waals surface area contributed by atoms with Crippen LogP contribution in [0.3, 0.4) is 0 Å². The smallest absolute Gasteiger partial charge is 0.260 e. The van der Waals surface area contributed by atoms with Gasteiger partial charge >= 0.3 is 0 Å². The third-order valence-corrected chi connectivity index (χ3v) is 5.04. The van der Waals surface area contributed by atoms with Crippen molar-refractivity contribution < 1.29 is 9.53 Å². The number of hydrogen-bond donors (Lipinski definition) is 1. The molecule has 0 unspecified atom stereocenters. The lowest BCUT2D eigenvalue weighted by Gasteiger charge is -2.34. The Balaban J connectivity index is 1.58. The summed E-state index contributed by atoms with van der Waals surface area (Å²) in [5, 5.41) is 3.42. The Morgan fingerprint density at radius 3 is 2.79 bits per heavy atom. The highest BCUT2D eigenvalue weighted by molar-refractivity contribution is 5.77. The minimum absolute atomic E-state index is 0.111. The second kappa shape index (κ2) is 8.49. The van der Waals surface area contributed by atoms with E-state index in [0.717, 1.165) is 63.4 Å². The third-order valence-electron chi connectivity index (χ3n) is 5.04. The van der Waals surface area contributed by atoms with E-state index in [1.54, 1.807) is 0 Å². The fraction of sp³-hybridized carbons (Fsp3) is 0.632. The number of para-hydroxylation sites is 1. The number of amides is 1.